The molecule has 0 spiro atoms. The van der Waals surface area contributed by atoms with Gasteiger partial charge in [-0.2, -0.15) is 0 Å². The highest BCUT2D eigenvalue weighted by Crippen LogP contribution is 2.60. The second kappa shape index (κ2) is 6.34. The molecule has 1 aliphatic carbocycles. The summed E-state index contributed by atoms with van der Waals surface area (Å²) in [5, 5.41) is 59.1. The molecule has 1 unspecified atom stereocenters. The highest BCUT2D eigenvalue weighted by Gasteiger charge is 2.75. The van der Waals surface area contributed by atoms with E-state index in [-0.39, 0.29) is 12.5 Å². The van der Waals surface area contributed by atoms with Gasteiger partial charge in [0.1, 0.15) is 36.1 Å². The summed E-state index contributed by atoms with van der Waals surface area (Å²) in [6.45, 7) is -0.546. The first-order chi connectivity index (χ1) is 11.9. The Labute approximate surface area is 143 Å². The molecule has 0 aromatic rings. The van der Waals surface area contributed by atoms with Crippen molar-refractivity contribution in [2.75, 3.05) is 19.8 Å². The standard InChI is InChI=1S/C15H24O10/c16-3-6-9(19)10(20)11(21)14(23-6)24-13-7-5(1-2-22-13)8(18)12-15(7,4-17)25-12/h5-14,16-21H,1-4H2/t5?,6-,7-,8+,9-,10+,11-,12+,13+,14+,15-/m1/s1. The maximum atomic E-state index is 10.3. The Bertz CT molecular complexity index is 503. The third kappa shape index (κ3) is 2.56. The molecule has 144 valence electrons. The Morgan fingerprint density at radius 1 is 0.960 bits per heavy atom. The summed E-state index contributed by atoms with van der Waals surface area (Å²) < 4.78 is 22.2. The Kier molecular flexibility index (Phi) is 4.56. The monoisotopic (exact) mass is 364 g/mol. The highest BCUT2D eigenvalue weighted by molar-refractivity contribution is 5.21. The summed E-state index contributed by atoms with van der Waals surface area (Å²) in [5.74, 6) is -0.645. The first-order valence-corrected chi connectivity index (χ1v) is 8.49. The second-order valence-corrected chi connectivity index (χ2v) is 7.19. The van der Waals surface area contributed by atoms with Crippen molar-refractivity contribution < 1.29 is 49.6 Å². The molecule has 10 nitrogen and oxygen atoms in total. The molecule has 6 N–H and O–H groups in total. The molecule has 0 amide bonds. The molecule has 0 aromatic heterocycles. The quantitative estimate of drug-likeness (QED) is 0.274. The minimum Gasteiger partial charge on any atom is -0.394 e. The zero-order valence-corrected chi connectivity index (χ0v) is 13.4. The van der Waals surface area contributed by atoms with E-state index in [4.69, 9.17) is 18.9 Å². The van der Waals surface area contributed by atoms with Gasteiger partial charge in [-0.1, -0.05) is 0 Å². The van der Waals surface area contributed by atoms with Crippen LogP contribution in [0.5, 0.6) is 0 Å². The number of rotatable bonds is 4. The van der Waals surface area contributed by atoms with E-state index in [1.54, 1.807) is 0 Å². The molecule has 3 aliphatic heterocycles. The maximum Gasteiger partial charge on any atom is 0.189 e. The van der Waals surface area contributed by atoms with Crippen LogP contribution in [0.2, 0.25) is 0 Å². The number of ether oxygens (including phenoxy) is 4. The number of fused-ring (bicyclic) bond motifs is 3. The predicted octanol–water partition coefficient (Wildman–Crippen LogP) is -3.71. The van der Waals surface area contributed by atoms with Crippen molar-refractivity contribution in [3.8, 4) is 0 Å². The van der Waals surface area contributed by atoms with Crippen LogP contribution in [0, 0.1) is 11.8 Å². The second-order valence-electron chi connectivity index (χ2n) is 7.19. The Balaban J connectivity index is 1.52. The fraction of sp³-hybridized carbons (Fsp3) is 1.00. The van der Waals surface area contributed by atoms with Crippen LogP contribution in [-0.2, 0) is 18.9 Å². The van der Waals surface area contributed by atoms with Gasteiger partial charge in [0.2, 0.25) is 0 Å². The zero-order chi connectivity index (χ0) is 17.9. The minimum absolute atomic E-state index is 0.186. The van der Waals surface area contributed by atoms with Gasteiger partial charge in [-0.25, -0.2) is 0 Å². The van der Waals surface area contributed by atoms with Crippen LogP contribution >= 0.6 is 0 Å². The van der Waals surface area contributed by atoms with E-state index in [2.05, 4.69) is 0 Å². The molecule has 4 aliphatic rings. The van der Waals surface area contributed by atoms with Crippen molar-refractivity contribution in [1.82, 2.24) is 0 Å². The average molecular weight is 364 g/mol. The van der Waals surface area contributed by atoms with E-state index in [0.717, 1.165) is 0 Å². The Morgan fingerprint density at radius 3 is 2.40 bits per heavy atom. The molecule has 1 saturated carbocycles. The Hall–Kier alpha value is -0.400. The lowest BCUT2D eigenvalue weighted by Gasteiger charge is -2.44. The van der Waals surface area contributed by atoms with Crippen LogP contribution in [0.3, 0.4) is 0 Å². The zero-order valence-electron chi connectivity index (χ0n) is 13.4. The molecule has 0 bridgehead atoms. The number of epoxide rings is 1. The van der Waals surface area contributed by atoms with Gasteiger partial charge >= 0.3 is 0 Å². The maximum absolute atomic E-state index is 10.3. The number of hydrogen-bond acceptors (Lipinski definition) is 10. The fourth-order valence-corrected chi connectivity index (χ4v) is 4.50. The summed E-state index contributed by atoms with van der Waals surface area (Å²) >= 11 is 0. The van der Waals surface area contributed by atoms with Gasteiger partial charge in [0.25, 0.3) is 0 Å². The number of aliphatic hydroxyl groups is 6. The molecule has 4 rings (SSSR count). The SMILES string of the molecule is OC[C@H]1O[C@@H](O[C@@H]2OCCC3[C@H]2[C@@]2(CO)O[C@H]2[C@H]3O)[C@H](O)[C@@H](O)[C@@H]1O. The summed E-state index contributed by atoms with van der Waals surface area (Å²) in [4.78, 5) is 0. The van der Waals surface area contributed by atoms with E-state index in [9.17, 15) is 30.6 Å². The fourth-order valence-electron chi connectivity index (χ4n) is 4.50. The average Bonchev–Trinajstić information content (AvgIpc) is 3.31. The summed E-state index contributed by atoms with van der Waals surface area (Å²) in [6.07, 6.45) is -8.57. The first kappa shape index (κ1) is 18.0. The van der Waals surface area contributed by atoms with E-state index in [1.165, 1.54) is 0 Å². The lowest BCUT2D eigenvalue weighted by molar-refractivity contribution is -0.356. The predicted molar refractivity (Wildman–Crippen MR) is 76.9 cm³/mol. The molecule has 3 heterocycles. The van der Waals surface area contributed by atoms with E-state index >= 15 is 0 Å². The van der Waals surface area contributed by atoms with Crippen LogP contribution < -0.4 is 0 Å². The normalized spacial score (nSPS) is 57.8. The molecular weight excluding hydrogens is 340 g/mol. The van der Waals surface area contributed by atoms with Gasteiger partial charge in [-0.15, -0.1) is 0 Å². The van der Waals surface area contributed by atoms with Gasteiger partial charge in [-0.05, 0) is 6.42 Å². The Morgan fingerprint density at radius 2 is 1.72 bits per heavy atom. The van der Waals surface area contributed by atoms with Crippen molar-refractivity contribution in [1.29, 1.82) is 0 Å². The van der Waals surface area contributed by atoms with Crippen LogP contribution in [0.1, 0.15) is 6.42 Å². The van der Waals surface area contributed by atoms with Gasteiger partial charge in [0.15, 0.2) is 12.6 Å². The lowest BCUT2D eigenvalue weighted by Crippen LogP contribution is -2.61. The van der Waals surface area contributed by atoms with Crippen LogP contribution in [0.4, 0.5) is 0 Å². The lowest BCUT2D eigenvalue weighted by atomic mass is 9.83. The van der Waals surface area contributed by atoms with Crippen molar-refractivity contribution in [2.45, 2.75) is 61.2 Å². The molecule has 0 radical (unpaired) electrons. The molecule has 0 aromatic carbocycles. The van der Waals surface area contributed by atoms with Crippen molar-refractivity contribution >= 4 is 0 Å². The van der Waals surface area contributed by atoms with Crippen LogP contribution in [-0.4, -0.2) is 105 Å². The van der Waals surface area contributed by atoms with Crippen LogP contribution in [0.15, 0.2) is 0 Å². The number of hydrogen-bond donors (Lipinski definition) is 6. The minimum atomic E-state index is -1.55. The smallest absolute Gasteiger partial charge is 0.189 e. The van der Waals surface area contributed by atoms with Gasteiger partial charge in [-0.3, -0.25) is 0 Å². The third-order valence-electron chi connectivity index (χ3n) is 5.94. The molecular formula is C15H24O10. The molecule has 3 saturated heterocycles. The number of aliphatic hydroxyl groups excluding tert-OH is 6. The van der Waals surface area contributed by atoms with Crippen molar-refractivity contribution in [2.24, 2.45) is 11.8 Å². The highest BCUT2D eigenvalue weighted by atomic mass is 16.8. The molecule has 11 atom stereocenters. The first-order valence-electron chi connectivity index (χ1n) is 8.49. The largest absolute Gasteiger partial charge is 0.394 e. The van der Waals surface area contributed by atoms with E-state index in [0.29, 0.717) is 13.0 Å². The van der Waals surface area contributed by atoms with Gasteiger partial charge < -0.3 is 49.6 Å². The summed E-state index contributed by atoms with van der Waals surface area (Å²) in [7, 11) is 0. The molecule has 10 heteroatoms. The van der Waals surface area contributed by atoms with Gasteiger partial charge in [0.05, 0.1) is 25.9 Å². The van der Waals surface area contributed by atoms with Crippen LogP contribution in [0.25, 0.3) is 0 Å². The topological polar surface area (TPSA) is 162 Å². The third-order valence-corrected chi connectivity index (χ3v) is 5.94. The summed E-state index contributed by atoms with van der Waals surface area (Å²) in [5.41, 5.74) is -0.941. The van der Waals surface area contributed by atoms with Crippen molar-refractivity contribution in [3.05, 3.63) is 0 Å². The summed E-state index contributed by atoms with van der Waals surface area (Å²) in [6, 6.07) is 0. The molecule has 4 fully saturated rings. The molecule has 25 heavy (non-hydrogen) atoms. The van der Waals surface area contributed by atoms with Crippen molar-refractivity contribution in [3.63, 3.8) is 0 Å². The van der Waals surface area contributed by atoms with E-state index in [1.807, 2.05) is 0 Å². The van der Waals surface area contributed by atoms with Gasteiger partial charge in [0, 0.05) is 11.8 Å². The van der Waals surface area contributed by atoms with E-state index < -0.39 is 67.3 Å².